The molecule has 0 aliphatic carbocycles. The summed E-state index contributed by atoms with van der Waals surface area (Å²) >= 11 is 0. The highest BCUT2D eigenvalue weighted by Crippen LogP contribution is 2.13. The molecule has 0 spiro atoms. The zero-order valence-electron chi connectivity index (χ0n) is 9.84. The van der Waals surface area contributed by atoms with Crippen molar-refractivity contribution in [1.29, 1.82) is 0 Å². The summed E-state index contributed by atoms with van der Waals surface area (Å²) < 4.78 is 0. The average molecular weight is 214 g/mol. The van der Waals surface area contributed by atoms with Crippen molar-refractivity contribution in [3.63, 3.8) is 0 Å². The second-order valence-electron chi connectivity index (χ2n) is 4.97. The molecule has 1 rings (SSSR count). The second-order valence-corrected chi connectivity index (χ2v) is 4.97. The van der Waals surface area contributed by atoms with Gasteiger partial charge < -0.3 is 15.7 Å². The lowest BCUT2D eigenvalue weighted by Gasteiger charge is -2.27. The van der Waals surface area contributed by atoms with Gasteiger partial charge in [0.1, 0.15) is 0 Å². The first-order chi connectivity index (χ1) is 6.94. The van der Waals surface area contributed by atoms with Gasteiger partial charge in [0.2, 0.25) is 5.91 Å². The average Bonchev–Trinajstić information content (AvgIpc) is 2.50. The zero-order valence-corrected chi connectivity index (χ0v) is 9.84. The summed E-state index contributed by atoms with van der Waals surface area (Å²) in [5.74, 6) is 0.00463. The van der Waals surface area contributed by atoms with Gasteiger partial charge >= 0.3 is 0 Å². The third-order valence-electron chi connectivity index (χ3n) is 2.76. The number of nitrogens with one attached hydrogen (secondary N) is 2. The van der Waals surface area contributed by atoms with E-state index in [1.54, 1.807) is 0 Å². The van der Waals surface area contributed by atoms with Gasteiger partial charge in [-0.3, -0.25) is 4.79 Å². The molecule has 0 radical (unpaired) electrons. The quantitative estimate of drug-likeness (QED) is 0.635. The van der Waals surface area contributed by atoms with E-state index in [4.69, 9.17) is 0 Å². The molecule has 1 amide bonds. The first kappa shape index (κ1) is 12.5. The van der Waals surface area contributed by atoms with Crippen molar-refractivity contribution in [1.82, 2.24) is 10.6 Å². The maximum atomic E-state index is 11.8. The van der Waals surface area contributed by atoms with E-state index in [9.17, 15) is 9.90 Å². The van der Waals surface area contributed by atoms with Crippen LogP contribution in [0.2, 0.25) is 0 Å². The van der Waals surface area contributed by atoms with Crippen LogP contribution in [0, 0.1) is 0 Å². The van der Waals surface area contributed by atoms with Gasteiger partial charge in [0.25, 0.3) is 0 Å². The molecule has 0 aromatic heterocycles. The fourth-order valence-corrected chi connectivity index (χ4v) is 2.02. The van der Waals surface area contributed by atoms with E-state index in [0.717, 1.165) is 12.8 Å². The Kier molecular flexibility index (Phi) is 4.11. The third kappa shape index (κ3) is 3.80. The maximum Gasteiger partial charge on any atom is 0.237 e. The first-order valence-electron chi connectivity index (χ1n) is 5.68. The summed E-state index contributed by atoms with van der Waals surface area (Å²) in [6.45, 7) is 6.68. The molecular formula is C11H22N2O2. The minimum atomic E-state index is -0.380. The summed E-state index contributed by atoms with van der Waals surface area (Å²) in [5.41, 5.74) is -0.152. The van der Waals surface area contributed by atoms with E-state index < -0.39 is 0 Å². The van der Waals surface area contributed by atoms with Gasteiger partial charge in [0.05, 0.1) is 12.1 Å². The molecule has 1 saturated heterocycles. The Labute approximate surface area is 91.4 Å². The van der Waals surface area contributed by atoms with Crippen LogP contribution in [-0.4, -0.2) is 35.2 Å². The van der Waals surface area contributed by atoms with E-state index in [1.165, 1.54) is 0 Å². The van der Waals surface area contributed by atoms with Crippen molar-refractivity contribution in [3.8, 4) is 0 Å². The molecule has 0 bridgehead atoms. The van der Waals surface area contributed by atoms with Gasteiger partial charge in [-0.1, -0.05) is 13.3 Å². The van der Waals surface area contributed by atoms with Crippen molar-refractivity contribution in [3.05, 3.63) is 0 Å². The Morgan fingerprint density at radius 3 is 2.73 bits per heavy atom. The molecule has 4 heteroatoms. The van der Waals surface area contributed by atoms with E-state index in [-0.39, 0.29) is 23.6 Å². The topological polar surface area (TPSA) is 61.4 Å². The minimum absolute atomic E-state index is 0.00463. The number of rotatable bonds is 4. The predicted molar refractivity (Wildman–Crippen MR) is 59.5 cm³/mol. The van der Waals surface area contributed by atoms with Crippen LogP contribution in [0.25, 0.3) is 0 Å². The van der Waals surface area contributed by atoms with Crippen LogP contribution in [-0.2, 0) is 4.79 Å². The molecule has 0 aromatic carbocycles. The number of amides is 1. The van der Waals surface area contributed by atoms with E-state index in [2.05, 4.69) is 17.6 Å². The van der Waals surface area contributed by atoms with Crippen molar-refractivity contribution < 1.29 is 9.90 Å². The summed E-state index contributed by atoms with van der Waals surface area (Å²) in [6.07, 6.45) is 2.16. The largest absolute Gasteiger partial charge is 0.392 e. The van der Waals surface area contributed by atoms with Crippen LogP contribution in [0.1, 0.15) is 40.0 Å². The fraction of sp³-hybridized carbons (Fsp3) is 0.909. The van der Waals surface area contributed by atoms with E-state index in [0.29, 0.717) is 13.0 Å². The Balaban J connectivity index is 2.41. The molecule has 3 N–H and O–H groups in total. The molecule has 2 atom stereocenters. The fourth-order valence-electron chi connectivity index (χ4n) is 2.02. The molecule has 1 heterocycles. The third-order valence-corrected chi connectivity index (χ3v) is 2.76. The summed E-state index contributed by atoms with van der Waals surface area (Å²) in [7, 11) is 0. The van der Waals surface area contributed by atoms with Gasteiger partial charge in [-0.25, -0.2) is 0 Å². The molecule has 4 nitrogen and oxygen atoms in total. The smallest absolute Gasteiger partial charge is 0.237 e. The molecule has 0 aromatic rings. The molecule has 1 fully saturated rings. The molecule has 0 saturated carbocycles. The number of aliphatic hydroxyl groups excluding tert-OH is 1. The van der Waals surface area contributed by atoms with Crippen LogP contribution < -0.4 is 10.6 Å². The summed E-state index contributed by atoms with van der Waals surface area (Å²) in [4.78, 5) is 11.8. The molecule has 88 valence electrons. The van der Waals surface area contributed by atoms with Gasteiger partial charge in [0.15, 0.2) is 0 Å². The van der Waals surface area contributed by atoms with Crippen molar-refractivity contribution >= 4 is 5.91 Å². The van der Waals surface area contributed by atoms with Crippen LogP contribution in [0.15, 0.2) is 0 Å². The van der Waals surface area contributed by atoms with Crippen LogP contribution in [0.4, 0.5) is 0 Å². The Bertz CT molecular complexity index is 229. The molecule has 1 aliphatic heterocycles. The second kappa shape index (κ2) is 4.94. The maximum absolute atomic E-state index is 11.8. The highest BCUT2D eigenvalue weighted by atomic mass is 16.3. The Morgan fingerprint density at radius 2 is 2.27 bits per heavy atom. The SMILES string of the molecule is CCCC(C)(C)NC(=O)C1CC(O)CN1. The highest BCUT2D eigenvalue weighted by Gasteiger charge is 2.30. The lowest BCUT2D eigenvalue weighted by atomic mass is 9.98. The Hall–Kier alpha value is -0.610. The lowest BCUT2D eigenvalue weighted by molar-refractivity contribution is -0.124. The van der Waals surface area contributed by atoms with Crippen molar-refractivity contribution in [2.75, 3.05) is 6.54 Å². The number of carbonyl (C=O) groups is 1. The molecule has 2 unspecified atom stereocenters. The van der Waals surface area contributed by atoms with Gasteiger partial charge in [-0.2, -0.15) is 0 Å². The standard InChI is InChI=1S/C11H22N2O2/c1-4-5-11(2,3)13-10(15)9-6-8(14)7-12-9/h8-9,12,14H,4-7H2,1-3H3,(H,13,15). The van der Waals surface area contributed by atoms with Crippen LogP contribution >= 0.6 is 0 Å². The van der Waals surface area contributed by atoms with Crippen molar-refractivity contribution in [2.24, 2.45) is 0 Å². The van der Waals surface area contributed by atoms with Crippen LogP contribution in [0.5, 0.6) is 0 Å². The number of hydrogen-bond donors (Lipinski definition) is 3. The highest BCUT2D eigenvalue weighted by molar-refractivity contribution is 5.82. The van der Waals surface area contributed by atoms with Crippen molar-refractivity contribution in [2.45, 2.75) is 57.7 Å². The van der Waals surface area contributed by atoms with E-state index in [1.807, 2.05) is 13.8 Å². The number of β-amino-alcohol motifs (C(OH)–C–C–N with tert-alkyl or cyclic N) is 1. The van der Waals surface area contributed by atoms with Gasteiger partial charge in [0, 0.05) is 12.1 Å². The monoisotopic (exact) mass is 214 g/mol. The summed E-state index contributed by atoms with van der Waals surface area (Å²) in [6, 6.07) is -0.226. The molecular weight excluding hydrogens is 192 g/mol. The Morgan fingerprint density at radius 1 is 1.60 bits per heavy atom. The molecule has 1 aliphatic rings. The number of aliphatic hydroxyl groups is 1. The predicted octanol–water partition coefficient (Wildman–Crippen LogP) is 0.404. The zero-order chi connectivity index (χ0) is 11.5. The molecule has 15 heavy (non-hydrogen) atoms. The first-order valence-corrected chi connectivity index (χ1v) is 5.68. The van der Waals surface area contributed by atoms with E-state index >= 15 is 0 Å². The van der Waals surface area contributed by atoms with Crippen LogP contribution in [0.3, 0.4) is 0 Å². The lowest BCUT2D eigenvalue weighted by Crippen LogP contribution is -2.50. The number of carbonyl (C=O) groups excluding carboxylic acids is 1. The van der Waals surface area contributed by atoms with Gasteiger partial charge in [-0.05, 0) is 26.7 Å². The minimum Gasteiger partial charge on any atom is -0.392 e. The normalized spacial score (nSPS) is 26.7. The number of hydrogen-bond acceptors (Lipinski definition) is 3. The van der Waals surface area contributed by atoms with Gasteiger partial charge in [-0.15, -0.1) is 0 Å². The summed E-state index contributed by atoms with van der Waals surface area (Å²) in [5, 5.41) is 15.3.